The average Bonchev–Trinajstić information content (AvgIpc) is 1.77. The molecule has 1 rings (SSSR count). The van der Waals surface area contributed by atoms with Crippen LogP contribution in [0.25, 0.3) is 0 Å². The highest BCUT2D eigenvalue weighted by atomic mass is 14.2. The van der Waals surface area contributed by atoms with Gasteiger partial charge in [0.05, 0.1) is 12.8 Å². The van der Waals surface area contributed by atoms with Gasteiger partial charge in [-0.15, -0.1) is 0 Å². The van der Waals surface area contributed by atoms with E-state index in [1.807, 2.05) is 0 Å². The van der Waals surface area contributed by atoms with Crippen LogP contribution in [0.5, 0.6) is 0 Å². The summed E-state index contributed by atoms with van der Waals surface area (Å²) in [5.41, 5.74) is 0. The van der Waals surface area contributed by atoms with Gasteiger partial charge in [-0.05, 0) is 31.6 Å². The zero-order valence-corrected chi connectivity index (χ0v) is 5.69. The van der Waals surface area contributed by atoms with Gasteiger partial charge < -0.3 is 0 Å². The monoisotopic (exact) mass is 111 g/mol. The molecule has 0 spiro atoms. The molecule has 1 fully saturated rings. The zero-order valence-electron chi connectivity index (χ0n) is 5.69. The molecule has 1 aliphatic rings. The lowest BCUT2D eigenvalue weighted by Crippen LogP contribution is -2.08. The summed E-state index contributed by atoms with van der Waals surface area (Å²) in [5.74, 6) is 1.75. The van der Waals surface area contributed by atoms with E-state index in [0.717, 1.165) is 11.8 Å². The van der Waals surface area contributed by atoms with Gasteiger partial charge in [0.15, 0.2) is 0 Å². The van der Waals surface area contributed by atoms with Crippen LogP contribution in [-0.4, -0.2) is 0 Å². The SMILES string of the molecule is [CH2+]C1CCC(C)CC1. The molecular formula is C8H15+. The van der Waals surface area contributed by atoms with Crippen molar-refractivity contribution in [3.05, 3.63) is 6.92 Å². The molecule has 0 aromatic rings. The molecule has 0 nitrogen and oxygen atoms in total. The second kappa shape index (κ2) is 2.43. The molecule has 8 heavy (non-hydrogen) atoms. The van der Waals surface area contributed by atoms with Crippen molar-refractivity contribution in [2.75, 3.05) is 0 Å². The lowest BCUT2D eigenvalue weighted by Gasteiger charge is -2.18. The van der Waals surface area contributed by atoms with Crippen LogP contribution in [0.4, 0.5) is 0 Å². The van der Waals surface area contributed by atoms with Gasteiger partial charge >= 0.3 is 0 Å². The average molecular weight is 111 g/mol. The number of hydrogen-bond acceptors (Lipinski definition) is 0. The Labute approximate surface area is 52.3 Å². The molecule has 0 N–H and O–H groups in total. The second-order valence-corrected chi connectivity index (χ2v) is 3.13. The van der Waals surface area contributed by atoms with Crippen LogP contribution in [0.1, 0.15) is 32.6 Å². The lowest BCUT2D eigenvalue weighted by molar-refractivity contribution is 0.329. The van der Waals surface area contributed by atoms with E-state index in [9.17, 15) is 0 Å². The van der Waals surface area contributed by atoms with Crippen LogP contribution in [0.15, 0.2) is 0 Å². The van der Waals surface area contributed by atoms with Crippen LogP contribution in [0.2, 0.25) is 0 Å². The predicted molar refractivity (Wildman–Crippen MR) is 36.5 cm³/mol. The van der Waals surface area contributed by atoms with Gasteiger partial charge in [-0.25, -0.2) is 0 Å². The minimum absolute atomic E-state index is 0.770. The van der Waals surface area contributed by atoms with Gasteiger partial charge in [0.25, 0.3) is 0 Å². The number of rotatable bonds is 0. The van der Waals surface area contributed by atoms with Crippen LogP contribution in [-0.2, 0) is 0 Å². The molecule has 1 saturated carbocycles. The molecule has 0 aliphatic heterocycles. The van der Waals surface area contributed by atoms with Gasteiger partial charge in [-0.2, -0.15) is 0 Å². The predicted octanol–water partition coefficient (Wildman–Crippen LogP) is 2.65. The standard InChI is InChI=1S/C8H15/c1-7-3-5-8(2)6-4-7/h7-8H,1,3-6H2,2H3/q+1. The van der Waals surface area contributed by atoms with E-state index in [0.29, 0.717) is 0 Å². The van der Waals surface area contributed by atoms with E-state index >= 15 is 0 Å². The van der Waals surface area contributed by atoms with Crippen LogP contribution in [0.3, 0.4) is 0 Å². The first-order valence-electron chi connectivity index (χ1n) is 3.62. The van der Waals surface area contributed by atoms with E-state index in [1.54, 1.807) is 0 Å². The van der Waals surface area contributed by atoms with Gasteiger partial charge in [0.1, 0.15) is 0 Å². The first-order valence-corrected chi connectivity index (χ1v) is 3.62. The quantitative estimate of drug-likeness (QED) is 0.421. The Morgan fingerprint density at radius 3 is 2.00 bits per heavy atom. The fraction of sp³-hybridized carbons (Fsp3) is 0.875. The Balaban J connectivity index is 2.19. The third-order valence-electron chi connectivity index (χ3n) is 2.14. The summed E-state index contributed by atoms with van der Waals surface area (Å²) in [6.45, 7) is 6.37. The normalized spacial score (nSPS) is 39.6. The summed E-state index contributed by atoms with van der Waals surface area (Å²) < 4.78 is 0. The first kappa shape index (κ1) is 6.00. The van der Waals surface area contributed by atoms with E-state index in [2.05, 4.69) is 13.8 Å². The third-order valence-corrected chi connectivity index (χ3v) is 2.14. The highest BCUT2D eigenvalue weighted by molar-refractivity contribution is 4.70. The maximum Gasteiger partial charge on any atom is 0.0953 e. The molecule has 0 heteroatoms. The maximum atomic E-state index is 4.03. The Hall–Kier alpha value is -0.130. The largest absolute Gasteiger partial charge is 0.0953 e. The van der Waals surface area contributed by atoms with Crippen LogP contribution in [0, 0.1) is 18.8 Å². The fourth-order valence-corrected chi connectivity index (χ4v) is 1.33. The molecule has 1 aliphatic carbocycles. The van der Waals surface area contributed by atoms with Gasteiger partial charge in [0, 0.05) is 0 Å². The zero-order chi connectivity index (χ0) is 5.98. The summed E-state index contributed by atoms with van der Waals surface area (Å²) >= 11 is 0. The second-order valence-electron chi connectivity index (χ2n) is 3.13. The first-order chi connectivity index (χ1) is 3.79. The molecule has 0 aromatic heterocycles. The van der Waals surface area contributed by atoms with Crippen LogP contribution < -0.4 is 0 Å². The highest BCUT2D eigenvalue weighted by Gasteiger charge is 2.17. The maximum absolute atomic E-state index is 4.03. The van der Waals surface area contributed by atoms with Crippen molar-refractivity contribution in [1.82, 2.24) is 0 Å². The molecule has 0 atom stereocenters. The fourth-order valence-electron chi connectivity index (χ4n) is 1.33. The van der Waals surface area contributed by atoms with E-state index < -0.39 is 0 Å². The summed E-state index contributed by atoms with van der Waals surface area (Å²) in [6.07, 6.45) is 5.55. The van der Waals surface area contributed by atoms with Crippen molar-refractivity contribution in [1.29, 1.82) is 0 Å². The molecule has 0 amide bonds. The smallest absolute Gasteiger partial charge is 0.0625 e. The molecule has 0 radical (unpaired) electrons. The minimum atomic E-state index is 0.770. The van der Waals surface area contributed by atoms with Crippen LogP contribution >= 0.6 is 0 Å². The lowest BCUT2D eigenvalue weighted by atomic mass is 9.84. The summed E-state index contributed by atoms with van der Waals surface area (Å²) in [7, 11) is 0. The van der Waals surface area contributed by atoms with Gasteiger partial charge in [0.2, 0.25) is 0 Å². The third kappa shape index (κ3) is 1.43. The van der Waals surface area contributed by atoms with Crippen molar-refractivity contribution in [2.45, 2.75) is 32.6 Å². The molecular weight excluding hydrogens is 96.1 g/mol. The van der Waals surface area contributed by atoms with Crippen molar-refractivity contribution >= 4 is 0 Å². The topological polar surface area (TPSA) is 0 Å². The minimum Gasteiger partial charge on any atom is -0.0625 e. The van der Waals surface area contributed by atoms with Crippen molar-refractivity contribution in [2.24, 2.45) is 11.8 Å². The molecule has 46 valence electrons. The Morgan fingerprint density at radius 2 is 1.62 bits per heavy atom. The Bertz CT molecular complexity index is 48.4. The molecule has 0 heterocycles. The van der Waals surface area contributed by atoms with Crippen molar-refractivity contribution in [3.8, 4) is 0 Å². The van der Waals surface area contributed by atoms with Crippen molar-refractivity contribution < 1.29 is 0 Å². The Kier molecular flexibility index (Phi) is 1.82. The molecule has 0 saturated heterocycles. The van der Waals surface area contributed by atoms with Gasteiger partial charge in [-0.3, -0.25) is 0 Å². The molecule has 0 unspecified atom stereocenters. The number of hydrogen-bond donors (Lipinski definition) is 0. The molecule has 0 bridgehead atoms. The van der Waals surface area contributed by atoms with Gasteiger partial charge in [-0.1, -0.05) is 6.92 Å². The summed E-state index contributed by atoms with van der Waals surface area (Å²) in [6, 6.07) is 0. The summed E-state index contributed by atoms with van der Waals surface area (Å²) in [5, 5.41) is 0. The van der Waals surface area contributed by atoms with E-state index in [1.165, 1.54) is 25.7 Å². The summed E-state index contributed by atoms with van der Waals surface area (Å²) in [4.78, 5) is 0. The van der Waals surface area contributed by atoms with E-state index in [4.69, 9.17) is 0 Å². The van der Waals surface area contributed by atoms with Crippen molar-refractivity contribution in [3.63, 3.8) is 0 Å². The molecule has 0 aromatic carbocycles. The highest BCUT2D eigenvalue weighted by Crippen LogP contribution is 2.26. The van der Waals surface area contributed by atoms with E-state index in [-0.39, 0.29) is 0 Å². The Morgan fingerprint density at radius 1 is 1.12 bits per heavy atom.